The Labute approximate surface area is 154 Å². The Hall–Kier alpha value is -2.72. The van der Waals surface area contributed by atoms with Crippen molar-refractivity contribution in [2.24, 2.45) is 0 Å². The van der Waals surface area contributed by atoms with Gasteiger partial charge < -0.3 is 14.5 Å². The van der Waals surface area contributed by atoms with Gasteiger partial charge in [-0.05, 0) is 12.5 Å². The van der Waals surface area contributed by atoms with E-state index < -0.39 is 10.7 Å². The molecular formula is C17H22N4O6. The third kappa shape index (κ3) is 4.92. The number of nitrogens with zero attached hydrogens (tertiary/aromatic N) is 3. The van der Waals surface area contributed by atoms with Crippen LogP contribution in [0.5, 0.6) is 0 Å². The number of nitro groups is 1. The highest BCUT2D eigenvalue weighted by Crippen LogP contribution is 2.20. The number of hydrogen-bond donors (Lipinski definition) is 1. The normalized spacial score (nSPS) is 15.1. The molecule has 2 heterocycles. The molecule has 1 aliphatic heterocycles. The number of aromatic nitrogens is 1. The first-order chi connectivity index (χ1) is 13.0. The number of ether oxygens (including phenoxy) is 1. The monoisotopic (exact) mass is 378 g/mol. The molecule has 1 N–H and O–H groups in total. The topological polar surface area (TPSA) is 120 Å². The second-order valence-corrected chi connectivity index (χ2v) is 6.34. The zero-order valence-electron chi connectivity index (χ0n) is 14.9. The Balaban J connectivity index is 1.47. The summed E-state index contributed by atoms with van der Waals surface area (Å²) in [6, 6.07) is 4.04. The van der Waals surface area contributed by atoms with Crippen LogP contribution in [0.15, 0.2) is 27.4 Å². The molecule has 0 radical (unpaired) electrons. The summed E-state index contributed by atoms with van der Waals surface area (Å²) in [5.41, 5.74) is 0.519. The maximum atomic E-state index is 12.0. The molecule has 1 amide bonds. The van der Waals surface area contributed by atoms with E-state index in [1.165, 1.54) is 22.8 Å². The summed E-state index contributed by atoms with van der Waals surface area (Å²) in [7, 11) is 0. The lowest BCUT2D eigenvalue weighted by Crippen LogP contribution is -2.41. The third-order valence-electron chi connectivity index (χ3n) is 4.50. The van der Waals surface area contributed by atoms with E-state index in [0.29, 0.717) is 25.0 Å². The van der Waals surface area contributed by atoms with Gasteiger partial charge in [-0.2, -0.15) is 0 Å². The first-order valence-electron chi connectivity index (χ1n) is 8.89. The molecule has 1 aliphatic rings. The highest BCUT2D eigenvalue weighted by Gasteiger charge is 2.14. The second kappa shape index (κ2) is 8.78. The van der Waals surface area contributed by atoms with Gasteiger partial charge in [0.1, 0.15) is 0 Å². The summed E-state index contributed by atoms with van der Waals surface area (Å²) in [4.78, 5) is 36.4. The van der Waals surface area contributed by atoms with Crippen LogP contribution < -0.4 is 11.1 Å². The van der Waals surface area contributed by atoms with Crippen LogP contribution in [0.25, 0.3) is 11.1 Å². The molecule has 1 aromatic carbocycles. The van der Waals surface area contributed by atoms with E-state index in [1.54, 1.807) is 0 Å². The smallest absolute Gasteiger partial charge is 0.407 e. The van der Waals surface area contributed by atoms with Gasteiger partial charge in [0.05, 0.1) is 29.7 Å². The maximum Gasteiger partial charge on any atom is 0.419 e. The van der Waals surface area contributed by atoms with Gasteiger partial charge in [-0.1, -0.05) is 0 Å². The van der Waals surface area contributed by atoms with E-state index in [0.717, 1.165) is 32.8 Å². The Morgan fingerprint density at radius 2 is 2.04 bits per heavy atom. The molecule has 1 aromatic heterocycles. The molecule has 0 spiro atoms. The number of rotatable bonds is 8. The van der Waals surface area contributed by atoms with Crippen LogP contribution in [0.2, 0.25) is 0 Å². The van der Waals surface area contributed by atoms with Crippen molar-refractivity contribution < 1.29 is 18.9 Å². The van der Waals surface area contributed by atoms with Crippen molar-refractivity contribution in [2.75, 3.05) is 39.4 Å². The van der Waals surface area contributed by atoms with Gasteiger partial charge >= 0.3 is 5.76 Å². The van der Waals surface area contributed by atoms with Crippen molar-refractivity contribution in [3.8, 4) is 0 Å². The van der Waals surface area contributed by atoms with Gasteiger partial charge in [0, 0.05) is 45.2 Å². The molecule has 1 saturated heterocycles. The number of nitro benzene ring substituents is 1. The SMILES string of the molecule is O=C(CCCn1c(=O)oc2cc([N+](=O)[O-])ccc21)NCCN1CCOCC1. The van der Waals surface area contributed by atoms with Crippen molar-refractivity contribution in [3.05, 3.63) is 38.9 Å². The fraction of sp³-hybridized carbons (Fsp3) is 0.529. The fourth-order valence-electron chi connectivity index (χ4n) is 3.04. The minimum atomic E-state index is -0.585. The van der Waals surface area contributed by atoms with Crippen LogP contribution in [0.3, 0.4) is 0 Å². The molecule has 0 aliphatic carbocycles. The molecule has 0 bridgehead atoms. The lowest BCUT2D eigenvalue weighted by molar-refractivity contribution is -0.384. The van der Waals surface area contributed by atoms with Crippen LogP contribution in [0.1, 0.15) is 12.8 Å². The lowest BCUT2D eigenvalue weighted by Gasteiger charge is -2.26. The molecule has 0 atom stereocenters. The van der Waals surface area contributed by atoms with Gasteiger partial charge in [-0.15, -0.1) is 0 Å². The van der Waals surface area contributed by atoms with E-state index in [-0.39, 0.29) is 23.6 Å². The molecule has 2 aromatic rings. The summed E-state index contributed by atoms with van der Waals surface area (Å²) >= 11 is 0. The summed E-state index contributed by atoms with van der Waals surface area (Å²) in [6.45, 7) is 4.89. The fourth-order valence-corrected chi connectivity index (χ4v) is 3.04. The number of carbonyl (C=O) groups excluding carboxylic acids is 1. The standard InChI is InChI=1S/C17H22N4O6/c22-16(18-5-7-19-8-10-26-11-9-19)2-1-6-20-14-4-3-13(21(24)25)12-15(14)27-17(20)23/h3-4,12H,1-2,5-11H2,(H,18,22). The van der Waals surface area contributed by atoms with Crippen LogP contribution in [0.4, 0.5) is 5.69 Å². The van der Waals surface area contributed by atoms with Gasteiger partial charge in [-0.3, -0.25) is 24.4 Å². The average Bonchev–Trinajstić information content (AvgIpc) is 2.97. The van der Waals surface area contributed by atoms with Crippen molar-refractivity contribution in [2.45, 2.75) is 19.4 Å². The Morgan fingerprint density at radius 1 is 1.26 bits per heavy atom. The number of oxazole rings is 1. The van der Waals surface area contributed by atoms with Crippen molar-refractivity contribution in [1.29, 1.82) is 0 Å². The van der Waals surface area contributed by atoms with Gasteiger partial charge in [0.25, 0.3) is 5.69 Å². The first-order valence-corrected chi connectivity index (χ1v) is 8.89. The Bertz CT molecular complexity index is 868. The number of hydrogen-bond acceptors (Lipinski definition) is 7. The number of aryl methyl sites for hydroxylation is 1. The predicted octanol–water partition coefficient (Wildman–Crippen LogP) is 0.731. The number of amides is 1. The first kappa shape index (κ1) is 19.1. The summed E-state index contributed by atoms with van der Waals surface area (Å²) in [5.74, 6) is -0.655. The highest BCUT2D eigenvalue weighted by atomic mass is 16.6. The molecule has 3 rings (SSSR count). The van der Waals surface area contributed by atoms with Crippen LogP contribution in [0, 0.1) is 10.1 Å². The van der Waals surface area contributed by atoms with E-state index >= 15 is 0 Å². The van der Waals surface area contributed by atoms with Gasteiger partial charge in [0.15, 0.2) is 5.58 Å². The molecule has 146 valence electrons. The quantitative estimate of drug-likeness (QED) is 0.531. The number of carbonyl (C=O) groups is 1. The summed E-state index contributed by atoms with van der Waals surface area (Å²) in [6.07, 6.45) is 0.754. The number of morpholine rings is 1. The minimum absolute atomic E-state index is 0.0697. The Morgan fingerprint density at radius 3 is 2.78 bits per heavy atom. The number of benzene rings is 1. The molecule has 1 fully saturated rings. The van der Waals surface area contributed by atoms with Crippen molar-refractivity contribution in [1.82, 2.24) is 14.8 Å². The largest absolute Gasteiger partial charge is 0.419 e. The number of nitrogens with one attached hydrogen (secondary N) is 1. The van der Waals surface area contributed by atoms with Crippen molar-refractivity contribution >= 4 is 22.7 Å². The molecule has 10 nitrogen and oxygen atoms in total. The average molecular weight is 378 g/mol. The van der Waals surface area contributed by atoms with Crippen molar-refractivity contribution in [3.63, 3.8) is 0 Å². The molecule has 10 heteroatoms. The zero-order chi connectivity index (χ0) is 19.2. The van der Waals surface area contributed by atoms with E-state index in [4.69, 9.17) is 9.15 Å². The lowest BCUT2D eigenvalue weighted by atomic mass is 10.2. The third-order valence-corrected chi connectivity index (χ3v) is 4.50. The van der Waals surface area contributed by atoms with E-state index in [9.17, 15) is 19.7 Å². The minimum Gasteiger partial charge on any atom is -0.407 e. The highest BCUT2D eigenvalue weighted by molar-refractivity contribution is 5.76. The van der Waals surface area contributed by atoms with E-state index in [1.807, 2.05) is 0 Å². The zero-order valence-corrected chi connectivity index (χ0v) is 14.9. The maximum absolute atomic E-state index is 12.0. The number of non-ortho nitro benzene ring substituents is 1. The van der Waals surface area contributed by atoms with Crippen LogP contribution in [-0.2, 0) is 16.1 Å². The van der Waals surface area contributed by atoms with Gasteiger partial charge in [-0.25, -0.2) is 4.79 Å². The molecule has 0 saturated carbocycles. The summed E-state index contributed by atoms with van der Waals surface area (Å²) in [5, 5.41) is 13.7. The van der Waals surface area contributed by atoms with Gasteiger partial charge in [0.2, 0.25) is 5.91 Å². The number of fused-ring (bicyclic) bond motifs is 1. The summed E-state index contributed by atoms with van der Waals surface area (Å²) < 4.78 is 11.7. The Kier molecular flexibility index (Phi) is 6.20. The van der Waals surface area contributed by atoms with E-state index in [2.05, 4.69) is 10.2 Å². The second-order valence-electron chi connectivity index (χ2n) is 6.34. The molecule has 0 unspecified atom stereocenters. The molecule has 27 heavy (non-hydrogen) atoms. The molecular weight excluding hydrogens is 356 g/mol. The predicted molar refractivity (Wildman–Crippen MR) is 96.6 cm³/mol. The van der Waals surface area contributed by atoms with Crippen LogP contribution in [-0.4, -0.2) is 59.7 Å². The van der Waals surface area contributed by atoms with Crippen LogP contribution >= 0.6 is 0 Å².